The molecule has 1 saturated heterocycles. The number of aromatic amines is 1. The van der Waals surface area contributed by atoms with Gasteiger partial charge in [-0.15, -0.1) is 0 Å². The Labute approximate surface area is 176 Å². The van der Waals surface area contributed by atoms with Gasteiger partial charge in [-0.05, 0) is 54.3 Å². The highest BCUT2D eigenvalue weighted by Crippen LogP contribution is 2.40. The van der Waals surface area contributed by atoms with Crippen molar-refractivity contribution in [3.8, 4) is 11.1 Å². The summed E-state index contributed by atoms with van der Waals surface area (Å²) >= 11 is 0. The molecule has 31 heavy (non-hydrogen) atoms. The molecule has 1 aromatic heterocycles. The number of nitrogen functional groups attached to an aromatic ring is 1. The number of hydrogen-bond donors (Lipinski definition) is 3. The van der Waals surface area contributed by atoms with Crippen molar-refractivity contribution in [2.45, 2.75) is 36.9 Å². The Morgan fingerprint density at radius 3 is 2.48 bits per heavy atom. The van der Waals surface area contributed by atoms with Gasteiger partial charge in [0.05, 0.1) is 17.0 Å². The Morgan fingerprint density at radius 1 is 1.19 bits per heavy atom. The maximum absolute atomic E-state index is 13.1. The van der Waals surface area contributed by atoms with E-state index in [2.05, 4.69) is 10.2 Å². The van der Waals surface area contributed by atoms with Crippen LogP contribution >= 0.6 is 0 Å². The van der Waals surface area contributed by atoms with E-state index in [1.165, 1.54) is 12.1 Å². The smallest absolute Gasteiger partial charge is 0.382 e. The van der Waals surface area contributed by atoms with Crippen LogP contribution in [-0.4, -0.2) is 52.9 Å². The maximum atomic E-state index is 13.1. The molecule has 2 aromatic carbocycles. The standard InChI is InChI=1S/C20H21F3N4O3S/c1-11-9-13(31(29,30)27-8-7-19(28,10-27)20(21,22)23)3-4-14(11)15-5-6-16-17(12(15)2)18(24)26-25-16/h3-6,9,28H,7-8,10H2,1-2H3,(H3,24,25,26). The zero-order valence-corrected chi connectivity index (χ0v) is 17.6. The van der Waals surface area contributed by atoms with E-state index in [9.17, 15) is 26.7 Å². The van der Waals surface area contributed by atoms with E-state index in [0.717, 1.165) is 27.6 Å². The number of aliphatic hydroxyl groups is 1. The molecule has 0 radical (unpaired) electrons. The fraction of sp³-hybridized carbons (Fsp3) is 0.350. The highest BCUT2D eigenvalue weighted by atomic mass is 32.2. The summed E-state index contributed by atoms with van der Waals surface area (Å²) in [5.41, 5.74) is 6.80. The molecule has 1 aliphatic heterocycles. The molecular formula is C20H21F3N4O3S. The summed E-state index contributed by atoms with van der Waals surface area (Å²) in [7, 11) is -4.20. The lowest BCUT2D eigenvalue weighted by Crippen LogP contribution is -2.48. The van der Waals surface area contributed by atoms with E-state index in [1.807, 2.05) is 19.1 Å². The van der Waals surface area contributed by atoms with Crippen LogP contribution < -0.4 is 5.73 Å². The Balaban J connectivity index is 1.70. The van der Waals surface area contributed by atoms with Gasteiger partial charge in [0.15, 0.2) is 11.4 Å². The van der Waals surface area contributed by atoms with Gasteiger partial charge in [0.1, 0.15) is 0 Å². The van der Waals surface area contributed by atoms with Crippen LogP contribution in [0.15, 0.2) is 35.2 Å². The van der Waals surface area contributed by atoms with Gasteiger partial charge in [-0.3, -0.25) is 5.10 Å². The first-order valence-corrected chi connectivity index (χ1v) is 10.9. The van der Waals surface area contributed by atoms with Gasteiger partial charge >= 0.3 is 6.18 Å². The third kappa shape index (κ3) is 3.36. The second-order valence-electron chi connectivity index (χ2n) is 7.86. The number of H-pyrrole nitrogens is 1. The number of benzene rings is 2. The highest BCUT2D eigenvalue weighted by molar-refractivity contribution is 7.89. The number of nitrogens with two attached hydrogens (primary N) is 1. The molecule has 0 saturated carbocycles. The van der Waals surface area contributed by atoms with Crippen LogP contribution in [-0.2, 0) is 10.0 Å². The predicted molar refractivity (Wildman–Crippen MR) is 110 cm³/mol. The number of anilines is 1. The second-order valence-corrected chi connectivity index (χ2v) is 9.80. The topological polar surface area (TPSA) is 112 Å². The lowest BCUT2D eigenvalue weighted by molar-refractivity contribution is -0.252. The van der Waals surface area contributed by atoms with Crippen molar-refractivity contribution in [3.05, 3.63) is 41.5 Å². The van der Waals surface area contributed by atoms with Crippen molar-refractivity contribution in [1.82, 2.24) is 14.5 Å². The van der Waals surface area contributed by atoms with E-state index in [4.69, 9.17) is 5.73 Å². The zero-order chi connectivity index (χ0) is 22.8. The van der Waals surface area contributed by atoms with Crippen molar-refractivity contribution in [3.63, 3.8) is 0 Å². The minimum absolute atomic E-state index is 0.123. The predicted octanol–water partition coefficient (Wildman–Crippen LogP) is 3.12. The Hall–Kier alpha value is -2.63. The van der Waals surface area contributed by atoms with Crippen LogP contribution in [0.1, 0.15) is 17.5 Å². The van der Waals surface area contributed by atoms with Crippen LogP contribution in [0, 0.1) is 13.8 Å². The highest BCUT2D eigenvalue weighted by Gasteiger charge is 2.58. The zero-order valence-electron chi connectivity index (χ0n) is 16.8. The summed E-state index contributed by atoms with van der Waals surface area (Å²) in [6, 6.07) is 8.12. The molecule has 0 amide bonds. The molecule has 11 heteroatoms. The number of nitrogens with zero attached hydrogens (tertiary/aromatic N) is 2. The number of aromatic nitrogens is 2. The van der Waals surface area contributed by atoms with Gasteiger partial charge in [-0.25, -0.2) is 8.42 Å². The van der Waals surface area contributed by atoms with Crippen molar-refractivity contribution >= 4 is 26.7 Å². The van der Waals surface area contributed by atoms with Gasteiger partial charge in [-0.1, -0.05) is 12.1 Å². The average molecular weight is 454 g/mol. The van der Waals surface area contributed by atoms with Crippen molar-refractivity contribution in [2.75, 3.05) is 18.8 Å². The molecule has 3 aromatic rings. The first-order chi connectivity index (χ1) is 14.3. The number of aryl methyl sites for hydroxylation is 2. The van der Waals surface area contributed by atoms with Crippen molar-refractivity contribution in [1.29, 1.82) is 0 Å². The molecule has 1 unspecified atom stereocenters. The van der Waals surface area contributed by atoms with Crippen LogP contribution in [0.5, 0.6) is 0 Å². The molecule has 0 bridgehead atoms. The van der Waals surface area contributed by atoms with E-state index >= 15 is 0 Å². The largest absolute Gasteiger partial charge is 0.418 e. The fourth-order valence-corrected chi connectivity index (χ4v) is 5.63. The summed E-state index contributed by atoms with van der Waals surface area (Å²) in [5.74, 6) is 0.359. The van der Waals surface area contributed by atoms with Crippen LogP contribution in [0.2, 0.25) is 0 Å². The van der Waals surface area contributed by atoms with Crippen LogP contribution in [0.3, 0.4) is 0 Å². The quantitative estimate of drug-likeness (QED) is 0.563. The Kier molecular flexibility index (Phi) is 4.83. The van der Waals surface area contributed by atoms with Crippen molar-refractivity contribution in [2.24, 2.45) is 0 Å². The summed E-state index contributed by atoms with van der Waals surface area (Å²) in [6.07, 6.45) is -5.60. The second kappa shape index (κ2) is 6.94. The maximum Gasteiger partial charge on any atom is 0.418 e. The minimum atomic E-state index is -4.90. The lowest BCUT2D eigenvalue weighted by atomic mass is 9.94. The average Bonchev–Trinajstić information content (AvgIpc) is 3.27. The number of sulfonamides is 1. The minimum Gasteiger partial charge on any atom is -0.382 e. The number of halogens is 3. The van der Waals surface area contributed by atoms with Gasteiger partial charge in [0.25, 0.3) is 0 Å². The normalized spacial score (nSPS) is 20.6. The van der Waals surface area contributed by atoms with Crippen LogP contribution in [0.4, 0.5) is 19.0 Å². The third-order valence-electron chi connectivity index (χ3n) is 5.88. The number of rotatable bonds is 3. The van der Waals surface area contributed by atoms with E-state index in [1.54, 1.807) is 13.0 Å². The summed E-state index contributed by atoms with van der Waals surface area (Å²) in [6.45, 7) is 2.19. The molecule has 0 spiro atoms. The molecule has 1 atom stereocenters. The third-order valence-corrected chi connectivity index (χ3v) is 7.73. The van der Waals surface area contributed by atoms with Gasteiger partial charge in [0, 0.05) is 18.4 Å². The molecule has 7 nitrogen and oxygen atoms in total. The summed E-state index contributed by atoms with van der Waals surface area (Å²) in [5, 5.41) is 17.4. The molecule has 1 aliphatic rings. The molecule has 4 rings (SSSR count). The molecular weight excluding hydrogens is 433 g/mol. The number of nitrogens with one attached hydrogen (secondary N) is 1. The van der Waals surface area contributed by atoms with E-state index < -0.39 is 41.3 Å². The fourth-order valence-electron chi connectivity index (χ4n) is 4.05. The summed E-state index contributed by atoms with van der Waals surface area (Å²) < 4.78 is 65.8. The monoisotopic (exact) mass is 454 g/mol. The first kappa shape index (κ1) is 21.6. The first-order valence-electron chi connectivity index (χ1n) is 9.48. The molecule has 2 heterocycles. The Bertz CT molecular complexity index is 1290. The van der Waals surface area contributed by atoms with Gasteiger partial charge in [-0.2, -0.15) is 22.6 Å². The lowest BCUT2D eigenvalue weighted by Gasteiger charge is -2.26. The molecule has 0 aliphatic carbocycles. The SMILES string of the molecule is Cc1cc(S(=O)(=O)N2CCC(O)(C(F)(F)F)C2)ccc1-c1ccc2[nH]nc(N)c2c1C. The van der Waals surface area contributed by atoms with E-state index in [-0.39, 0.29) is 4.90 Å². The molecule has 4 N–H and O–H groups in total. The number of β-amino-alcohol motifs (C(OH)–C–C–N with tert-alkyl or cyclic N) is 1. The molecule has 1 fully saturated rings. The van der Waals surface area contributed by atoms with Crippen molar-refractivity contribution < 1.29 is 26.7 Å². The molecule has 166 valence electrons. The number of alkyl halides is 3. The van der Waals surface area contributed by atoms with Gasteiger partial charge < -0.3 is 10.8 Å². The van der Waals surface area contributed by atoms with Crippen LogP contribution in [0.25, 0.3) is 22.0 Å². The van der Waals surface area contributed by atoms with Gasteiger partial charge in [0.2, 0.25) is 10.0 Å². The summed E-state index contributed by atoms with van der Waals surface area (Å²) in [4.78, 5) is -0.123. The van der Waals surface area contributed by atoms with E-state index in [0.29, 0.717) is 15.7 Å². The number of fused-ring (bicyclic) bond motifs is 1. The Morgan fingerprint density at radius 2 is 1.87 bits per heavy atom. The number of hydrogen-bond acceptors (Lipinski definition) is 5.